The van der Waals surface area contributed by atoms with Crippen molar-refractivity contribution in [1.82, 2.24) is 20.1 Å². The molecule has 0 saturated carbocycles. The van der Waals surface area contributed by atoms with Gasteiger partial charge in [-0.25, -0.2) is 0 Å². The first-order valence-electron chi connectivity index (χ1n) is 6.47. The fourth-order valence-corrected chi connectivity index (χ4v) is 2.76. The number of aromatic nitrogens is 3. The van der Waals surface area contributed by atoms with Gasteiger partial charge in [-0.15, -0.1) is 0 Å². The average Bonchev–Trinajstić information content (AvgIpc) is 2.98. The molecule has 0 unspecified atom stereocenters. The van der Waals surface area contributed by atoms with Crippen LogP contribution in [0.25, 0.3) is 0 Å². The van der Waals surface area contributed by atoms with E-state index in [1.165, 1.54) is 29.7 Å². The van der Waals surface area contributed by atoms with E-state index in [-0.39, 0.29) is 0 Å². The van der Waals surface area contributed by atoms with Gasteiger partial charge in [-0.3, -0.25) is 15.0 Å². The predicted octanol–water partition coefficient (Wildman–Crippen LogP) is 2.45. The first-order valence-corrected chi connectivity index (χ1v) is 6.47. The maximum atomic E-state index is 4.27. The molecule has 94 valence electrons. The number of hydrogen-bond donors (Lipinski definition) is 1. The Morgan fingerprint density at radius 3 is 3.17 bits per heavy atom. The summed E-state index contributed by atoms with van der Waals surface area (Å²) in [6, 6.07) is 4.78. The van der Waals surface area contributed by atoms with Crippen molar-refractivity contribution in [3.05, 3.63) is 47.5 Å². The van der Waals surface area contributed by atoms with E-state index in [0.29, 0.717) is 6.04 Å². The number of nitrogens with zero attached hydrogens (tertiary/aromatic N) is 3. The van der Waals surface area contributed by atoms with Gasteiger partial charge in [0.1, 0.15) is 0 Å². The molecule has 1 N–H and O–H groups in total. The molecule has 4 nitrogen and oxygen atoms in total. The summed E-state index contributed by atoms with van der Waals surface area (Å²) in [4.78, 5) is 6.77. The van der Waals surface area contributed by atoms with Crippen LogP contribution >= 0.6 is 0 Å². The van der Waals surface area contributed by atoms with Gasteiger partial charge in [0, 0.05) is 25.1 Å². The highest BCUT2D eigenvalue weighted by molar-refractivity contribution is 5.17. The Kier molecular flexibility index (Phi) is 3.11. The largest absolute Gasteiger partial charge is 0.290 e. The molecule has 2 aromatic heterocycles. The van der Waals surface area contributed by atoms with E-state index in [9.17, 15) is 0 Å². The molecule has 0 spiro atoms. The lowest BCUT2D eigenvalue weighted by Crippen LogP contribution is -2.23. The highest BCUT2D eigenvalue weighted by atomic mass is 15.2. The SMILES string of the molecule is Cc1cncc(CN2CCC[C@H]2c2ccn[nH]2)c1. The molecule has 0 amide bonds. The summed E-state index contributed by atoms with van der Waals surface area (Å²) in [6.07, 6.45) is 8.17. The van der Waals surface area contributed by atoms with Crippen LogP contribution in [-0.4, -0.2) is 26.6 Å². The van der Waals surface area contributed by atoms with Crippen molar-refractivity contribution in [3.63, 3.8) is 0 Å². The van der Waals surface area contributed by atoms with Crippen LogP contribution in [-0.2, 0) is 6.54 Å². The van der Waals surface area contributed by atoms with E-state index < -0.39 is 0 Å². The standard InChI is InChI=1S/C14H18N4/c1-11-7-12(9-15-8-11)10-18-6-2-3-14(18)13-4-5-16-17-13/h4-5,7-9,14H,2-3,6,10H2,1H3,(H,16,17)/t14-/m0/s1. The van der Waals surface area contributed by atoms with E-state index >= 15 is 0 Å². The van der Waals surface area contributed by atoms with Crippen molar-refractivity contribution >= 4 is 0 Å². The fourth-order valence-electron chi connectivity index (χ4n) is 2.76. The quantitative estimate of drug-likeness (QED) is 0.899. The van der Waals surface area contributed by atoms with Crippen LogP contribution in [0.3, 0.4) is 0 Å². The number of pyridine rings is 1. The summed E-state index contributed by atoms with van der Waals surface area (Å²) >= 11 is 0. The molecule has 0 aromatic carbocycles. The van der Waals surface area contributed by atoms with E-state index in [1.807, 2.05) is 18.6 Å². The molecule has 1 aliphatic rings. The van der Waals surface area contributed by atoms with Crippen LogP contribution < -0.4 is 0 Å². The second-order valence-electron chi connectivity index (χ2n) is 5.01. The molecule has 1 fully saturated rings. The molecule has 0 bridgehead atoms. The number of rotatable bonds is 3. The zero-order chi connectivity index (χ0) is 12.4. The Balaban J connectivity index is 1.76. The summed E-state index contributed by atoms with van der Waals surface area (Å²) in [5, 5.41) is 7.16. The van der Waals surface area contributed by atoms with Gasteiger partial charge in [0.2, 0.25) is 0 Å². The van der Waals surface area contributed by atoms with Gasteiger partial charge in [-0.1, -0.05) is 6.07 Å². The van der Waals surface area contributed by atoms with E-state index in [0.717, 1.165) is 13.1 Å². The van der Waals surface area contributed by atoms with Gasteiger partial charge in [-0.2, -0.15) is 5.10 Å². The number of aryl methyl sites for hydroxylation is 1. The van der Waals surface area contributed by atoms with Crippen LogP contribution in [0.1, 0.15) is 35.7 Å². The van der Waals surface area contributed by atoms with Crippen LogP contribution in [0, 0.1) is 6.92 Å². The van der Waals surface area contributed by atoms with Gasteiger partial charge in [0.25, 0.3) is 0 Å². The van der Waals surface area contributed by atoms with Crippen LogP contribution in [0.15, 0.2) is 30.7 Å². The first kappa shape index (κ1) is 11.4. The van der Waals surface area contributed by atoms with E-state index in [2.05, 4.69) is 39.1 Å². The topological polar surface area (TPSA) is 44.8 Å². The Hall–Kier alpha value is -1.68. The van der Waals surface area contributed by atoms with Gasteiger partial charge in [-0.05, 0) is 43.5 Å². The number of H-pyrrole nitrogens is 1. The molecule has 1 saturated heterocycles. The Labute approximate surface area is 107 Å². The summed E-state index contributed by atoms with van der Waals surface area (Å²) in [5.41, 5.74) is 3.75. The summed E-state index contributed by atoms with van der Waals surface area (Å²) in [7, 11) is 0. The number of hydrogen-bond acceptors (Lipinski definition) is 3. The Morgan fingerprint density at radius 2 is 2.39 bits per heavy atom. The summed E-state index contributed by atoms with van der Waals surface area (Å²) in [5.74, 6) is 0. The summed E-state index contributed by atoms with van der Waals surface area (Å²) in [6.45, 7) is 4.21. The highest BCUT2D eigenvalue weighted by Gasteiger charge is 2.26. The minimum Gasteiger partial charge on any atom is -0.290 e. The van der Waals surface area contributed by atoms with Gasteiger partial charge in [0.15, 0.2) is 0 Å². The van der Waals surface area contributed by atoms with Crippen molar-refractivity contribution in [3.8, 4) is 0 Å². The maximum Gasteiger partial charge on any atom is 0.0523 e. The monoisotopic (exact) mass is 242 g/mol. The lowest BCUT2D eigenvalue weighted by atomic mass is 10.1. The van der Waals surface area contributed by atoms with Crippen molar-refractivity contribution in [1.29, 1.82) is 0 Å². The third-order valence-corrected chi connectivity index (χ3v) is 3.56. The normalized spacial score (nSPS) is 20.4. The lowest BCUT2D eigenvalue weighted by Gasteiger charge is -2.23. The van der Waals surface area contributed by atoms with E-state index in [4.69, 9.17) is 0 Å². The van der Waals surface area contributed by atoms with Crippen molar-refractivity contribution in [2.75, 3.05) is 6.54 Å². The molecule has 3 rings (SSSR count). The maximum absolute atomic E-state index is 4.27. The smallest absolute Gasteiger partial charge is 0.0523 e. The van der Waals surface area contributed by atoms with Crippen molar-refractivity contribution < 1.29 is 0 Å². The zero-order valence-electron chi connectivity index (χ0n) is 10.6. The molecule has 0 radical (unpaired) electrons. The third-order valence-electron chi connectivity index (χ3n) is 3.56. The molecule has 3 heterocycles. The molecule has 1 aliphatic heterocycles. The number of likely N-dealkylation sites (tertiary alicyclic amines) is 1. The number of aromatic amines is 1. The lowest BCUT2D eigenvalue weighted by molar-refractivity contribution is 0.244. The van der Waals surface area contributed by atoms with Crippen molar-refractivity contribution in [2.24, 2.45) is 0 Å². The molecular weight excluding hydrogens is 224 g/mol. The molecule has 0 aliphatic carbocycles. The second kappa shape index (κ2) is 4.90. The minimum absolute atomic E-state index is 0.480. The first-order chi connectivity index (χ1) is 8.83. The predicted molar refractivity (Wildman–Crippen MR) is 69.9 cm³/mol. The van der Waals surface area contributed by atoms with Gasteiger partial charge in [0.05, 0.1) is 11.7 Å². The molecular formula is C14H18N4. The molecule has 1 atom stereocenters. The number of nitrogens with one attached hydrogen (secondary N) is 1. The van der Waals surface area contributed by atoms with Crippen LogP contribution in [0.4, 0.5) is 0 Å². The average molecular weight is 242 g/mol. The fraction of sp³-hybridized carbons (Fsp3) is 0.429. The zero-order valence-corrected chi connectivity index (χ0v) is 10.6. The van der Waals surface area contributed by atoms with Gasteiger partial charge < -0.3 is 0 Å². The minimum atomic E-state index is 0.480. The molecule has 18 heavy (non-hydrogen) atoms. The van der Waals surface area contributed by atoms with Crippen LogP contribution in [0.5, 0.6) is 0 Å². The summed E-state index contributed by atoms with van der Waals surface area (Å²) < 4.78 is 0. The van der Waals surface area contributed by atoms with E-state index in [1.54, 1.807) is 0 Å². The highest BCUT2D eigenvalue weighted by Crippen LogP contribution is 2.31. The molecule has 4 heteroatoms. The molecule has 2 aromatic rings. The van der Waals surface area contributed by atoms with Gasteiger partial charge >= 0.3 is 0 Å². The second-order valence-corrected chi connectivity index (χ2v) is 5.01. The third kappa shape index (κ3) is 2.29. The van der Waals surface area contributed by atoms with Crippen molar-refractivity contribution in [2.45, 2.75) is 32.4 Å². The van der Waals surface area contributed by atoms with Crippen LogP contribution in [0.2, 0.25) is 0 Å². The Morgan fingerprint density at radius 1 is 1.44 bits per heavy atom. The Bertz CT molecular complexity index is 506.